The van der Waals surface area contributed by atoms with Crippen molar-refractivity contribution in [1.82, 2.24) is 5.32 Å². The molecule has 2 rings (SSSR count). The van der Waals surface area contributed by atoms with Gasteiger partial charge < -0.3 is 10.1 Å². The molecule has 0 unspecified atom stereocenters. The maximum atomic E-state index is 11.5. The van der Waals surface area contributed by atoms with Gasteiger partial charge in [-0.05, 0) is 17.7 Å². The minimum Gasteiger partial charge on any atom is -0.467 e. The molecule has 90 valence electrons. The van der Waals surface area contributed by atoms with E-state index in [0.717, 1.165) is 5.56 Å². The number of esters is 1. The molecule has 1 aromatic rings. The highest BCUT2D eigenvalue weighted by atomic mass is 35.5. The molecule has 1 aromatic carbocycles. The lowest BCUT2D eigenvalue weighted by atomic mass is 9.92. The van der Waals surface area contributed by atoms with Crippen molar-refractivity contribution in [3.05, 3.63) is 34.9 Å². The summed E-state index contributed by atoms with van der Waals surface area (Å²) in [6, 6.07) is 6.53. The molecule has 5 heteroatoms. The summed E-state index contributed by atoms with van der Waals surface area (Å²) in [4.78, 5) is 22.9. The number of nitrogens with one attached hydrogen (secondary N) is 1. The van der Waals surface area contributed by atoms with Crippen LogP contribution in [-0.2, 0) is 14.3 Å². The molecule has 1 amide bonds. The lowest BCUT2D eigenvalue weighted by Gasteiger charge is -2.16. The maximum Gasteiger partial charge on any atom is 0.329 e. The van der Waals surface area contributed by atoms with Gasteiger partial charge in [0.1, 0.15) is 6.04 Å². The zero-order chi connectivity index (χ0) is 12.4. The highest BCUT2D eigenvalue weighted by Gasteiger charge is 2.38. The fourth-order valence-corrected chi connectivity index (χ4v) is 2.15. The van der Waals surface area contributed by atoms with Crippen molar-refractivity contribution in [2.24, 2.45) is 0 Å². The van der Waals surface area contributed by atoms with Crippen LogP contribution in [0.5, 0.6) is 0 Å². The summed E-state index contributed by atoms with van der Waals surface area (Å²) in [5.74, 6) is -0.747. The second-order valence-electron chi connectivity index (χ2n) is 3.93. The van der Waals surface area contributed by atoms with Gasteiger partial charge in [-0.25, -0.2) is 4.79 Å². The first-order chi connectivity index (χ1) is 8.11. The van der Waals surface area contributed by atoms with Crippen LogP contribution < -0.4 is 5.32 Å². The van der Waals surface area contributed by atoms with Gasteiger partial charge in [-0.3, -0.25) is 4.79 Å². The fraction of sp³-hybridized carbons (Fsp3) is 0.333. The van der Waals surface area contributed by atoms with E-state index in [1.165, 1.54) is 7.11 Å². The van der Waals surface area contributed by atoms with E-state index < -0.39 is 12.0 Å². The summed E-state index contributed by atoms with van der Waals surface area (Å²) in [6.07, 6.45) is 0.293. The second-order valence-corrected chi connectivity index (χ2v) is 4.37. The molecular formula is C12H12ClNO3. The summed E-state index contributed by atoms with van der Waals surface area (Å²) >= 11 is 5.80. The predicted octanol–water partition coefficient (Wildman–Crippen LogP) is 1.49. The van der Waals surface area contributed by atoms with E-state index in [-0.39, 0.29) is 11.8 Å². The SMILES string of the molecule is COC(=O)[C@H]1NC(=O)C[C@@H]1c1ccc(Cl)cc1. The van der Waals surface area contributed by atoms with E-state index in [1.807, 2.05) is 12.1 Å². The molecule has 1 aliphatic rings. The third-order valence-corrected chi connectivity index (χ3v) is 3.13. The molecule has 4 nitrogen and oxygen atoms in total. The summed E-state index contributed by atoms with van der Waals surface area (Å²) in [5.41, 5.74) is 0.906. The summed E-state index contributed by atoms with van der Waals surface area (Å²) in [5, 5.41) is 3.25. The predicted molar refractivity (Wildman–Crippen MR) is 62.8 cm³/mol. The molecule has 1 heterocycles. The van der Waals surface area contributed by atoms with Crippen LogP contribution in [0.4, 0.5) is 0 Å². The van der Waals surface area contributed by atoms with Crippen molar-refractivity contribution in [2.45, 2.75) is 18.4 Å². The molecule has 1 saturated heterocycles. The summed E-state index contributed by atoms with van der Waals surface area (Å²) < 4.78 is 4.68. The van der Waals surface area contributed by atoms with E-state index in [2.05, 4.69) is 10.1 Å². The standard InChI is InChI=1S/C12H12ClNO3/c1-17-12(16)11-9(6-10(15)14-11)7-2-4-8(13)5-3-7/h2-5,9,11H,6H2,1H3,(H,14,15)/t9-,11+/m1/s1. The van der Waals surface area contributed by atoms with E-state index in [9.17, 15) is 9.59 Å². The van der Waals surface area contributed by atoms with Crippen LogP contribution in [0.1, 0.15) is 17.9 Å². The molecule has 0 aliphatic carbocycles. The zero-order valence-electron chi connectivity index (χ0n) is 9.27. The Morgan fingerprint density at radius 1 is 1.41 bits per heavy atom. The maximum absolute atomic E-state index is 11.5. The Morgan fingerprint density at radius 3 is 2.65 bits per heavy atom. The minimum absolute atomic E-state index is 0.139. The first kappa shape index (κ1) is 11.9. The molecule has 1 N–H and O–H groups in total. The molecule has 0 spiro atoms. The number of hydrogen-bond donors (Lipinski definition) is 1. The number of amides is 1. The molecule has 0 bridgehead atoms. The summed E-state index contributed by atoms with van der Waals surface area (Å²) in [6.45, 7) is 0. The lowest BCUT2D eigenvalue weighted by molar-refractivity contribution is -0.143. The smallest absolute Gasteiger partial charge is 0.329 e. The molecule has 0 aromatic heterocycles. The van der Waals surface area contributed by atoms with Crippen molar-refractivity contribution in [3.63, 3.8) is 0 Å². The number of ether oxygens (including phenoxy) is 1. The van der Waals surface area contributed by atoms with Crippen LogP contribution in [0.3, 0.4) is 0 Å². The largest absolute Gasteiger partial charge is 0.467 e. The topological polar surface area (TPSA) is 55.4 Å². The number of benzene rings is 1. The first-order valence-corrected chi connectivity index (χ1v) is 5.62. The van der Waals surface area contributed by atoms with Crippen molar-refractivity contribution >= 4 is 23.5 Å². The van der Waals surface area contributed by atoms with Crippen LogP contribution in [0, 0.1) is 0 Å². The normalized spacial score (nSPS) is 23.3. The number of methoxy groups -OCH3 is 1. The minimum atomic E-state index is -0.603. The van der Waals surface area contributed by atoms with Crippen molar-refractivity contribution in [2.75, 3.05) is 7.11 Å². The molecule has 1 aliphatic heterocycles. The van der Waals surface area contributed by atoms with Crippen LogP contribution >= 0.6 is 11.6 Å². The Morgan fingerprint density at radius 2 is 2.06 bits per heavy atom. The van der Waals surface area contributed by atoms with E-state index >= 15 is 0 Å². The van der Waals surface area contributed by atoms with Gasteiger partial charge in [0.15, 0.2) is 0 Å². The quantitative estimate of drug-likeness (QED) is 0.813. The van der Waals surface area contributed by atoms with Gasteiger partial charge in [0.2, 0.25) is 5.91 Å². The van der Waals surface area contributed by atoms with Gasteiger partial charge in [0.25, 0.3) is 0 Å². The third-order valence-electron chi connectivity index (χ3n) is 2.88. The molecule has 0 saturated carbocycles. The van der Waals surface area contributed by atoms with Crippen LogP contribution in [0.15, 0.2) is 24.3 Å². The molecule has 0 radical (unpaired) electrons. The Labute approximate surface area is 104 Å². The van der Waals surface area contributed by atoms with Gasteiger partial charge >= 0.3 is 5.97 Å². The molecular weight excluding hydrogens is 242 g/mol. The van der Waals surface area contributed by atoms with Gasteiger partial charge in [-0.15, -0.1) is 0 Å². The zero-order valence-corrected chi connectivity index (χ0v) is 10.0. The van der Waals surface area contributed by atoms with Crippen LogP contribution in [0.25, 0.3) is 0 Å². The Hall–Kier alpha value is -1.55. The van der Waals surface area contributed by atoms with Crippen LogP contribution in [0.2, 0.25) is 5.02 Å². The van der Waals surface area contributed by atoms with Gasteiger partial charge in [0, 0.05) is 17.4 Å². The van der Waals surface area contributed by atoms with Gasteiger partial charge in [-0.1, -0.05) is 23.7 Å². The van der Waals surface area contributed by atoms with Crippen molar-refractivity contribution in [3.8, 4) is 0 Å². The number of halogens is 1. The van der Waals surface area contributed by atoms with E-state index in [0.29, 0.717) is 11.4 Å². The Balaban J connectivity index is 2.26. The highest BCUT2D eigenvalue weighted by molar-refractivity contribution is 6.30. The number of carbonyl (C=O) groups excluding carboxylic acids is 2. The van der Waals surface area contributed by atoms with Gasteiger partial charge in [0.05, 0.1) is 7.11 Å². The average Bonchev–Trinajstić information content (AvgIpc) is 2.71. The Kier molecular flexibility index (Phi) is 3.33. The van der Waals surface area contributed by atoms with Gasteiger partial charge in [-0.2, -0.15) is 0 Å². The van der Waals surface area contributed by atoms with Crippen molar-refractivity contribution < 1.29 is 14.3 Å². The average molecular weight is 254 g/mol. The fourth-order valence-electron chi connectivity index (χ4n) is 2.02. The lowest BCUT2D eigenvalue weighted by Crippen LogP contribution is -2.37. The van der Waals surface area contributed by atoms with E-state index in [1.54, 1.807) is 12.1 Å². The van der Waals surface area contributed by atoms with E-state index in [4.69, 9.17) is 11.6 Å². The highest BCUT2D eigenvalue weighted by Crippen LogP contribution is 2.29. The number of carbonyl (C=O) groups is 2. The third kappa shape index (κ3) is 2.42. The van der Waals surface area contributed by atoms with Crippen molar-refractivity contribution in [1.29, 1.82) is 0 Å². The number of rotatable bonds is 2. The first-order valence-electron chi connectivity index (χ1n) is 5.24. The molecule has 2 atom stereocenters. The summed E-state index contributed by atoms with van der Waals surface area (Å²) in [7, 11) is 1.31. The second kappa shape index (κ2) is 4.75. The Bertz CT molecular complexity index is 444. The molecule has 1 fully saturated rings. The monoisotopic (exact) mass is 253 g/mol. The molecule has 17 heavy (non-hydrogen) atoms. The van der Waals surface area contributed by atoms with Crippen LogP contribution in [-0.4, -0.2) is 25.0 Å². The number of hydrogen-bond acceptors (Lipinski definition) is 3.